The molecule has 1 aromatic rings. The van der Waals surface area contributed by atoms with Gasteiger partial charge in [0.2, 0.25) is 0 Å². The molecule has 0 fully saturated rings. The van der Waals surface area contributed by atoms with Crippen molar-refractivity contribution in [1.29, 1.82) is 0 Å². The number of hydrogen-bond acceptors (Lipinski definition) is 1. The standard InChI is InChI=1S/C18H30O.Ba/c1-2-3-4-5-6-7-8-9-10-11-14-17-15-12-13-16-18(17)19;/h12-13,15-16,19H,2-11,14H2,1H3;. The third-order valence-electron chi connectivity index (χ3n) is 3.79. The van der Waals surface area contributed by atoms with Gasteiger partial charge in [-0.05, 0) is 24.5 Å². The van der Waals surface area contributed by atoms with E-state index in [1.807, 2.05) is 18.2 Å². The Hall–Kier alpha value is 0.591. The maximum Gasteiger partial charge on any atom is 0.118 e. The van der Waals surface area contributed by atoms with E-state index in [1.165, 1.54) is 64.2 Å². The molecule has 0 aromatic heterocycles. The second-order valence-electron chi connectivity index (χ2n) is 5.56. The van der Waals surface area contributed by atoms with Crippen LogP contribution in [0.5, 0.6) is 5.75 Å². The van der Waals surface area contributed by atoms with Crippen LogP contribution in [0.3, 0.4) is 0 Å². The van der Waals surface area contributed by atoms with E-state index in [4.69, 9.17) is 0 Å². The summed E-state index contributed by atoms with van der Waals surface area (Å²) in [5, 5.41) is 9.65. The number of para-hydroxylation sites is 1. The first-order valence-corrected chi connectivity index (χ1v) is 8.11. The zero-order valence-electron chi connectivity index (χ0n) is 13.2. The SMILES string of the molecule is CCCCCCCCCCCCc1ccccc1O.[Ba]. The smallest absolute Gasteiger partial charge is 0.118 e. The number of rotatable bonds is 11. The molecule has 1 nitrogen and oxygen atoms in total. The second kappa shape index (κ2) is 14.5. The van der Waals surface area contributed by atoms with Crippen molar-refractivity contribution in [1.82, 2.24) is 0 Å². The third kappa shape index (κ3) is 10.3. The Labute approximate surface area is 165 Å². The van der Waals surface area contributed by atoms with Crippen LogP contribution in [0.4, 0.5) is 0 Å². The minimum Gasteiger partial charge on any atom is -0.508 e. The van der Waals surface area contributed by atoms with Gasteiger partial charge < -0.3 is 5.11 Å². The molecule has 0 unspecified atom stereocenters. The molecular weight excluding hydrogens is 370 g/mol. The van der Waals surface area contributed by atoms with Gasteiger partial charge in [-0.2, -0.15) is 0 Å². The van der Waals surface area contributed by atoms with Crippen LogP contribution in [-0.4, -0.2) is 54.0 Å². The zero-order chi connectivity index (χ0) is 13.8. The zero-order valence-corrected chi connectivity index (χ0v) is 17.7. The van der Waals surface area contributed by atoms with Gasteiger partial charge in [0, 0.05) is 48.9 Å². The summed E-state index contributed by atoms with van der Waals surface area (Å²) >= 11 is 0. The van der Waals surface area contributed by atoms with Crippen molar-refractivity contribution in [2.45, 2.75) is 77.6 Å². The van der Waals surface area contributed by atoms with Gasteiger partial charge in [-0.25, -0.2) is 0 Å². The molecule has 0 saturated heterocycles. The predicted molar refractivity (Wildman–Crippen MR) is 89.4 cm³/mol. The van der Waals surface area contributed by atoms with Gasteiger partial charge in [0.1, 0.15) is 5.75 Å². The second-order valence-corrected chi connectivity index (χ2v) is 5.56. The van der Waals surface area contributed by atoms with E-state index >= 15 is 0 Å². The first-order chi connectivity index (χ1) is 9.34. The Bertz CT molecular complexity index is 325. The maximum absolute atomic E-state index is 9.65. The number of hydrogen-bond donors (Lipinski definition) is 1. The number of phenols is 1. The Morgan fingerprint density at radius 3 is 1.80 bits per heavy atom. The minimum absolute atomic E-state index is 0. The first-order valence-electron chi connectivity index (χ1n) is 8.11. The quantitative estimate of drug-likeness (QED) is 0.386. The molecule has 0 saturated carbocycles. The monoisotopic (exact) mass is 400 g/mol. The molecule has 1 rings (SSSR count). The van der Waals surface area contributed by atoms with Crippen molar-refractivity contribution in [3.63, 3.8) is 0 Å². The Kier molecular flexibility index (Phi) is 15.0. The average Bonchev–Trinajstić information content (AvgIpc) is 2.43. The number of aryl methyl sites for hydroxylation is 1. The summed E-state index contributed by atoms with van der Waals surface area (Å²) in [5.74, 6) is 0.457. The Morgan fingerprint density at radius 2 is 1.25 bits per heavy atom. The molecule has 110 valence electrons. The summed E-state index contributed by atoms with van der Waals surface area (Å²) in [7, 11) is 0. The molecule has 2 heteroatoms. The van der Waals surface area contributed by atoms with Crippen LogP contribution in [0, 0.1) is 0 Å². The van der Waals surface area contributed by atoms with Crippen molar-refractivity contribution >= 4 is 48.9 Å². The van der Waals surface area contributed by atoms with Gasteiger partial charge in [0.25, 0.3) is 0 Å². The van der Waals surface area contributed by atoms with E-state index in [9.17, 15) is 5.11 Å². The summed E-state index contributed by atoms with van der Waals surface area (Å²) in [6.45, 7) is 2.27. The molecule has 0 amide bonds. The van der Waals surface area contributed by atoms with Gasteiger partial charge in [-0.15, -0.1) is 0 Å². The van der Waals surface area contributed by atoms with E-state index in [0.29, 0.717) is 5.75 Å². The molecule has 1 aromatic carbocycles. The normalized spacial score (nSPS) is 10.2. The summed E-state index contributed by atoms with van der Waals surface area (Å²) in [5.41, 5.74) is 1.10. The summed E-state index contributed by atoms with van der Waals surface area (Å²) in [6, 6.07) is 7.71. The molecule has 1 N–H and O–H groups in total. The van der Waals surface area contributed by atoms with Gasteiger partial charge >= 0.3 is 0 Å². The van der Waals surface area contributed by atoms with Gasteiger partial charge in [-0.1, -0.05) is 82.9 Å². The van der Waals surface area contributed by atoms with Crippen molar-refractivity contribution in [2.24, 2.45) is 0 Å². The van der Waals surface area contributed by atoms with Crippen LogP contribution in [0.25, 0.3) is 0 Å². The van der Waals surface area contributed by atoms with Crippen molar-refractivity contribution in [2.75, 3.05) is 0 Å². The molecule has 0 aliphatic rings. The molecule has 0 bridgehead atoms. The van der Waals surface area contributed by atoms with Crippen molar-refractivity contribution < 1.29 is 5.11 Å². The molecule has 0 spiro atoms. The molecule has 0 aliphatic carbocycles. The summed E-state index contributed by atoms with van der Waals surface area (Å²) in [4.78, 5) is 0. The number of unbranched alkanes of at least 4 members (excludes halogenated alkanes) is 9. The van der Waals surface area contributed by atoms with E-state index in [-0.39, 0.29) is 48.9 Å². The van der Waals surface area contributed by atoms with E-state index in [2.05, 4.69) is 6.92 Å². The van der Waals surface area contributed by atoms with Crippen molar-refractivity contribution in [3.05, 3.63) is 29.8 Å². The van der Waals surface area contributed by atoms with E-state index < -0.39 is 0 Å². The largest absolute Gasteiger partial charge is 0.508 e. The number of aromatic hydroxyl groups is 1. The van der Waals surface area contributed by atoms with E-state index in [1.54, 1.807) is 6.07 Å². The van der Waals surface area contributed by atoms with Crippen LogP contribution >= 0.6 is 0 Å². The molecule has 0 atom stereocenters. The van der Waals surface area contributed by atoms with Crippen LogP contribution in [0.15, 0.2) is 24.3 Å². The number of phenolic OH excluding ortho intramolecular Hbond substituents is 1. The van der Waals surface area contributed by atoms with Gasteiger partial charge in [-0.3, -0.25) is 0 Å². The van der Waals surface area contributed by atoms with Gasteiger partial charge in [0.05, 0.1) is 0 Å². The molecule has 2 radical (unpaired) electrons. The predicted octanol–water partition coefficient (Wildman–Crippen LogP) is 5.47. The summed E-state index contributed by atoms with van der Waals surface area (Å²) < 4.78 is 0. The fourth-order valence-corrected chi connectivity index (χ4v) is 2.53. The van der Waals surface area contributed by atoms with Crippen molar-refractivity contribution in [3.8, 4) is 5.75 Å². The van der Waals surface area contributed by atoms with E-state index in [0.717, 1.165) is 12.0 Å². The van der Waals surface area contributed by atoms with Crippen LogP contribution in [0.2, 0.25) is 0 Å². The fourth-order valence-electron chi connectivity index (χ4n) is 2.53. The summed E-state index contributed by atoms with van der Waals surface area (Å²) in [6.07, 6.45) is 14.6. The number of benzene rings is 1. The van der Waals surface area contributed by atoms with Gasteiger partial charge in [0.15, 0.2) is 0 Å². The van der Waals surface area contributed by atoms with Crippen LogP contribution < -0.4 is 0 Å². The topological polar surface area (TPSA) is 20.2 Å². The molecule has 20 heavy (non-hydrogen) atoms. The Morgan fingerprint density at radius 1 is 0.750 bits per heavy atom. The molecule has 0 heterocycles. The maximum atomic E-state index is 9.65. The third-order valence-corrected chi connectivity index (χ3v) is 3.79. The fraction of sp³-hybridized carbons (Fsp3) is 0.667. The minimum atomic E-state index is 0. The first kappa shape index (κ1) is 20.6. The van der Waals surface area contributed by atoms with Crippen LogP contribution in [0.1, 0.15) is 76.7 Å². The van der Waals surface area contributed by atoms with Crippen LogP contribution in [-0.2, 0) is 6.42 Å². The molecular formula is C18H30BaO. The molecule has 0 aliphatic heterocycles. The Balaban J connectivity index is 0.00000361. The average molecular weight is 400 g/mol.